The highest BCUT2D eigenvalue weighted by Crippen LogP contribution is 2.41. The maximum absolute atomic E-state index is 13.0. The van der Waals surface area contributed by atoms with Gasteiger partial charge in [0.05, 0.1) is 18.8 Å². The van der Waals surface area contributed by atoms with Crippen molar-refractivity contribution in [3.63, 3.8) is 0 Å². The van der Waals surface area contributed by atoms with E-state index in [1.807, 2.05) is 4.90 Å². The Hall–Kier alpha value is -1.51. The van der Waals surface area contributed by atoms with Crippen LogP contribution in [0.5, 0.6) is 0 Å². The number of fused-ring (bicyclic) bond motifs is 2. The molecule has 148 valence electrons. The molecule has 0 atom stereocenters. The van der Waals surface area contributed by atoms with Gasteiger partial charge in [0.1, 0.15) is 0 Å². The summed E-state index contributed by atoms with van der Waals surface area (Å²) in [7, 11) is 2.21. The topological polar surface area (TPSA) is 66.7 Å². The van der Waals surface area contributed by atoms with E-state index in [0.29, 0.717) is 32.1 Å². The highest BCUT2D eigenvalue weighted by molar-refractivity contribution is 5.90. The van der Waals surface area contributed by atoms with Crippen molar-refractivity contribution in [1.82, 2.24) is 29.5 Å². The van der Waals surface area contributed by atoms with Crippen LogP contribution in [0.2, 0.25) is 0 Å². The summed E-state index contributed by atoms with van der Waals surface area (Å²) >= 11 is 0. The molecule has 3 fully saturated rings. The summed E-state index contributed by atoms with van der Waals surface area (Å²) in [6, 6.07) is 0. The third-order valence-corrected chi connectivity index (χ3v) is 6.94. The number of morpholine rings is 1. The summed E-state index contributed by atoms with van der Waals surface area (Å²) in [5.74, 6) is 2.45. The van der Waals surface area contributed by atoms with E-state index in [4.69, 9.17) is 4.74 Å². The molecule has 27 heavy (non-hydrogen) atoms. The van der Waals surface area contributed by atoms with Crippen molar-refractivity contribution < 1.29 is 9.53 Å². The predicted octanol–water partition coefficient (Wildman–Crippen LogP) is 0.397. The molecule has 0 radical (unpaired) electrons. The zero-order chi connectivity index (χ0) is 18.4. The highest BCUT2D eigenvalue weighted by Gasteiger charge is 2.47. The summed E-state index contributed by atoms with van der Waals surface area (Å²) < 4.78 is 7.48. The summed E-state index contributed by atoms with van der Waals surface area (Å²) in [4.78, 5) is 19.9. The third-order valence-electron chi connectivity index (χ3n) is 6.94. The molecule has 1 amide bonds. The molecule has 0 aromatic carbocycles. The van der Waals surface area contributed by atoms with Gasteiger partial charge in [-0.3, -0.25) is 9.69 Å². The first kappa shape index (κ1) is 17.6. The van der Waals surface area contributed by atoms with Crippen molar-refractivity contribution in [3.8, 4) is 0 Å². The number of likely N-dealkylation sites (tertiary alicyclic amines) is 1. The number of hydrogen-bond acceptors (Lipinski definition) is 6. The summed E-state index contributed by atoms with van der Waals surface area (Å²) in [6.45, 7) is 7.71. The molecule has 5 rings (SSSR count). The minimum Gasteiger partial charge on any atom is -0.378 e. The highest BCUT2D eigenvalue weighted by atomic mass is 16.5. The van der Waals surface area contributed by atoms with Crippen LogP contribution in [-0.2, 0) is 16.8 Å². The fourth-order valence-electron chi connectivity index (χ4n) is 4.94. The van der Waals surface area contributed by atoms with E-state index in [0.717, 1.165) is 50.8 Å². The van der Waals surface area contributed by atoms with E-state index in [1.54, 1.807) is 0 Å². The smallest absolute Gasteiger partial charge is 0.291 e. The van der Waals surface area contributed by atoms with Crippen LogP contribution in [0.3, 0.4) is 0 Å². The monoisotopic (exact) mass is 374 g/mol. The SMILES string of the molecule is CN1CCn2c(C(=O)N3CCOCC3)nnc2C12CCN(CC1CC1)CC2. The molecule has 1 aliphatic carbocycles. The van der Waals surface area contributed by atoms with Crippen molar-refractivity contribution in [1.29, 1.82) is 0 Å². The van der Waals surface area contributed by atoms with Crippen LogP contribution in [0.4, 0.5) is 0 Å². The van der Waals surface area contributed by atoms with E-state index in [2.05, 4.69) is 31.6 Å². The van der Waals surface area contributed by atoms with Gasteiger partial charge in [0, 0.05) is 45.8 Å². The molecular formula is C19H30N6O2. The van der Waals surface area contributed by atoms with E-state index < -0.39 is 0 Å². The Labute approximate surface area is 160 Å². The minimum atomic E-state index is -0.0746. The number of ether oxygens (including phenoxy) is 1. The van der Waals surface area contributed by atoms with Crippen LogP contribution in [0.15, 0.2) is 0 Å². The average Bonchev–Trinajstić information content (AvgIpc) is 3.41. The second-order valence-corrected chi connectivity index (χ2v) is 8.60. The van der Waals surface area contributed by atoms with Crippen LogP contribution in [0, 0.1) is 5.92 Å². The number of aromatic nitrogens is 3. The lowest BCUT2D eigenvalue weighted by atomic mass is 9.83. The van der Waals surface area contributed by atoms with Gasteiger partial charge in [-0.15, -0.1) is 10.2 Å². The first-order valence-electron chi connectivity index (χ1n) is 10.4. The fraction of sp³-hybridized carbons (Fsp3) is 0.842. The van der Waals surface area contributed by atoms with Gasteiger partial charge in [-0.25, -0.2) is 0 Å². The van der Waals surface area contributed by atoms with Gasteiger partial charge in [0.15, 0.2) is 5.82 Å². The first-order valence-corrected chi connectivity index (χ1v) is 10.4. The second kappa shape index (κ2) is 6.83. The number of carbonyl (C=O) groups is 1. The molecule has 0 N–H and O–H groups in total. The molecule has 3 aliphatic heterocycles. The lowest BCUT2D eigenvalue weighted by Crippen LogP contribution is -2.56. The van der Waals surface area contributed by atoms with Gasteiger partial charge in [0.25, 0.3) is 5.91 Å². The molecule has 0 unspecified atom stereocenters. The van der Waals surface area contributed by atoms with Crippen LogP contribution in [0.25, 0.3) is 0 Å². The summed E-state index contributed by atoms with van der Waals surface area (Å²) in [5, 5.41) is 8.95. The summed E-state index contributed by atoms with van der Waals surface area (Å²) in [5.41, 5.74) is -0.0746. The minimum absolute atomic E-state index is 0.00271. The van der Waals surface area contributed by atoms with Crippen molar-refractivity contribution in [2.75, 3.05) is 59.5 Å². The Bertz CT molecular complexity index is 701. The standard InChI is InChI=1S/C19H30N6O2/c1-22-8-9-25-16(17(26)24-10-12-27-13-11-24)20-21-18(25)19(22)4-6-23(7-5-19)14-15-2-3-15/h15H,2-14H2,1H3. The fourth-order valence-corrected chi connectivity index (χ4v) is 4.94. The van der Waals surface area contributed by atoms with Gasteiger partial charge in [0.2, 0.25) is 5.82 Å². The molecular weight excluding hydrogens is 344 g/mol. The zero-order valence-corrected chi connectivity index (χ0v) is 16.3. The largest absolute Gasteiger partial charge is 0.378 e. The Kier molecular flexibility index (Phi) is 4.44. The quantitative estimate of drug-likeness (QED) is 0.763. The number of likely N-dealkylation sites (N-methyl/N-ethyl adjacent to an activating group) is 1. The Morgan fingerprint density at radius 1 is 1.07 bits per heavy atom. The van der Waals surface area contributed by atoms with E-state index >= 15 is 0 Å². The summed E-state index contributed by atoms with van der Waals surface area (Å²) in [6.07, 6.45) is 4.95. The van der Waals surface area contributed by atoms with Crippen molar-refractivity contribution >= 4 is 5.91 Å². The first-order chi connectivity index (χ1) is 13.2. The number of hydrogen-bond donors (Lipinski definition) is 0. The van der Waals surface area contributed by atoms with Crippen LogP contribution < -0.4 is 0 Å². The van der Waals surface area contributed by atoms with Crippen molar-refractivity contribution in [3.05, 3.63) is 11.6 Å². The van der Waals surface area contributed by atoms with Gasteiger partial charge in [-0.2, -0.15) is 0 Å². The molecule has 1 aromatic rings. The zero-order valence-electron chi connectivity index (χ0n) is 16.3. The Balaban J connectivity index is 1.38. The second-order valence-electron chi connectivity index (χ2n) is 8.60. The number of rotatable bonds is 3. The third kappa shape index (κ3) is 3.07. The molecule has 2 saturated heterocycles. The van der Waals surface area contributed by atoms with Crippen LogP contribution in [-0.4, -0.2) is 94.9 Å². The Morgan fingerprint density at radius 2 is 1.81 bits per heavy atom. The normalized spacial score (nSPS) is 26.3. The molecule has 8 heteroatoms. The van der Waals surface area contributed by atoms with Crippen molar-refractivity contribution in [2.45, 2.75) is 37.8 Å². The molecule has 1 aromatic heterocycles. The Morgan fingerprint density at radius 3 is 2.52 bits per heavy atom. The number of piperidine rings is 1. The molecule has 4 heterocycles. The molecule has 1 saturated carbocycles. The molecule has 0 bridgehead atoms. The van der Waals surface area contributed by atoms with E-state index in [1.165, 1.54) is 19.4 Å². The maximum Gasteiger partial charge on any atom is 0.291 e. The molecule has 1 spiro atoms. The number of nitrogens with zero attached hydrogens (tertiary/aromatic N) is 6. The van der Waals surface area contributed by atoms with Crippen LogP contribution in [0.1, 0.15) is 42.1 Å². The molecule has 4 aliphatic rings. The lowest BCUT2D eigenvalue weighted by Gasteiger charge is -2.49. The van der Waals surface area contributed by atoms with Crippen molar-refractivity contribution in [2.24, 2.45) is 5.92 Å². The number of amides is 1. The van der Waals surface area contributed by atoms with Gasteiger partial charge < -0.3 is 19.1 Å². The van der Waals surface area contributed by atoms with E-state index in [-0.39, 0.29) is 11.4 Å². The lowest BCUT2D eigenvalue weighted by molar-refractivity contribution is 0.00626. The van der Waals surface area contributed by atoms with Crippen LogP contribution >= 0.6 is 0 Å². The van der Waals surface area contributed by atoms with Gasteiger partial charge in [-0.1, -0.05) is 0 Å². The van der Waals surface area contributed by atoms with E-state index in [9.17, 15) is 4.79 Å². The molecule has 8 nitrogen and oxygen atoms in total. The van der Waals surface area contributed by atoms with Gasteiger partial charge >= 0.3 is 0 Å². The average molecular weight is 374 g/mol. The predicted molar refractivity (Wildman–Crippen MR) is 99.5 cm³/mol. The maximum atomic E-state index is 13.0. The van der Waals surface area contributed by atoms with Gasteiger partial charge in [-0.05, 0) is 38.6 Å². The number of carbonyl (C=O) groups excluding carboxylic acids is 1.